The van der Waals surface area contributed by atoms with E-state index in [0.717, 1.165) is 0 Å². The maximum atomic E-state index is 11.8. The van der Waals surface area contributed by atoms with Gasteiger partial charge < -0.3 is 17.7 Å². The van der Waals surface area contributed by atoms with Gasteiger partial charge in [0.1, 0.15) is 12.4 Å². The van der Waals surface area contributed by atoms with Crippen LogP contribution in [0, 0.1) is 0 Å². The van der Waals surface area contributed by atoms with E-state index in [2.05, 4.69) is 5.32 Å². The van der Waals surface area contributed by atoms with Gasteiger partial charge in [-0.25, -0.2) is 9.13 Å². The molecule has 0 radical (unpaired) electrons. The Balaban J connectivity index is 0.00000180. The molecule has 0 saturated heterocycles. The Kier molecular flexibility index (Phi) is 5.66. The van der Waals surface area contributed by atoms with Crippen LogP contribution in [0.1, 0.15) is 0 Å². The number of hydrogen-bond acceptors (Lipinski definition) is 1. The first-order valence-corrected chi connectivity index (χ1v) is 6.06. The molecule has 0 saturated carbocycles. The standard InChI is InChI=1S/C12H11Cl2N3O.ClH/c1-16-4-5-17(8-16)7-12(18)15-11-6-9(13)2-3-10(11)14;/h2-6,8H,7H2,1H3;1H. The van der Waals surface area contributed by atoms with Crippen LogP contribution < -0.4 is 22.3 Å². The van der Waals surface area contributed by atoms with Crippen molar-refractivity contribution >= 4 is 34.8 Å². The third-order valence-corrected chi connectivity index (χ3v) is 2.92. The molecular weight excluding hydrogens is 309 g/mol. The number of anilines is 1. The van der Waals surface area contributed by atoms with Crippen molar-refractivity contribution in [3.63, 3.8) is 0 Å². The normalized spacial score (nSPS) is 9.84. The minimum atomic E-state index is -0.157. The molecule has 0 bridgehead atoms. The van der Waals surface area contributed by atoms with Crippen LogP contribution >= 0.6 is 23.2 Å². The predicted octanol–water partition coefficient (Wildman–Crippen LogP) is -0.738. The first-order chi connectivity index (χ1) is 8.54. The van der Waals surface area contributed by atoms with Gasteiger partial charge in [0.2, 0.25) is 6.33 Å². The minimum absolute atomic E-state index is 0. The SMILES string of the molecule is C[n+]1ccn(CC(=O)Nc2cc(Cl)ccc2Cl)c1.[Cl-]. The van der Waals surface area contributed by atoms with Crippen LogP contribution in [0.15, 0.2) is 36.9 Å². The zero-order chi connectivity index (χ0) is 13.1. The number of nitrogens with zero attached hydrogens (tertiary/aromatic N) is 2. The summed E-state index contributed by atoms with van der Waals surface area (Å²) in [4.78, 5) is 11.8. The summed E-state index contributed by atoms with van der Waals surface area (Å²) in [5, 5.41) is 3.72. The van der Waals surface area contributed by atoms with Gasteiger partial charge in [-0.15, -0.1) is 0 Å². The third-order valence-electron chi connectivity index (χ3n) is 2.35. The van der Waals surface area contributed by atoms with Crippen LogP contribution in [0.4, 0.5) is 5.69 Å². The van der Waals surface area contributed by atoms with E-state index in [1.54, 1.807) is 22.8 Å². The number of amides is 1. The monoisotopic (exact) mass is 319 g/mol. The Labute approximate surface area is 127 Å². The molecule has 1 heterocycles. The first kappa shape index (κ1) is 15.8. The number of hydrogen-bond donors (Lipinski definition) is 1. The molecule has 0 atom stereocenters. The fourth-order valence-electron chi connectivity index (χ4n) is 1.54. The molecule has 1 aromatic carbocycles. The average molecular weight is 321 g/mol. The highest BCUT2D eigenvalue weighted by molar-refractivity contribution is 6.35. The van der Waals surface area contributed by atoms with Crippen LogP contribution in [0.3, 0.4) is 0 Å². The van der Waals surface area contributed by atoms with Gasteiger partial charge in [-0.05, 0) is 18.2 Å². The molecule has 0 aliphatic rings. The molecular formula is C12H12Cl3N3O. The smallest absolute Gasteiger partial charge is 0.266 e. The lowest BCUT2D eigenvalue weighted by molar-refractivity contribution is -0.671. The Morgan fingerprint density at radius 1 is 1.42 bits per heavy atom. The Bertz CT molecular complexity index is 583. The molecule has 0 aliphatic heterocycles. The summed E-state index contributed by atoms with van der Waals surface area (Å²) in [5.74, 6) is -0.157. The molecule has 0 aliphatic carbocycles. The summed E-state index contributed by atoms with van der Waals surface area (Å²) in [6.45, 7) is 0.226. The number of halogens is 3. The Morgan fingerprint density at radius 3 is 2.79 bits per heavy atom. The zero-order valence-electron chi connectivity index (χ0n) is 10.1. The second-order valence-corrected chi connectivity index (χ2v) is 4.77. The summed E-state index contributed by atoms with van der Waals surface area (Å²) >= 11 is 11.8. The van der Waals surface area contributed by atoms with Gasteiger partial charge in [-0.3, -0.25) is 4.79 Å². The molecule has 0 unspecified atom stereocenters. The lowest BCUT2D eigenvalue weighted by Crippen LogP contribution is -3.00. The summed E-state index contributed by atoms with van der Waals surface area (Å²) in [6, 6.07) is 4.94. The van der Waals surface area contributed by atoms with Crippen molar-refractivity contribution in [2.75, 3.05) is 5.32 Å². The summed E-state index contributed by atoms with van der Waals surface area (Å²) in [5.41, 5.74) is 0.519. The number of imidazole rings is 1. The molecule has 19 heavy (non-hydrogen) atoms. The predicted molar refractivity (Wildman–Crippen MR) is 70.7 cm³/mol. The van der Waals surface area contributed by atoms with Crippen molar-refractivity contribution < 1.29 is 21.8 Å². The van der Waals surface area contributed by atoms with E-state index < -0.39 is 0 Å². The lowest BCUT2D eigenvalue weighted by Gasteiger charge is -2.06. The molecule has 0 spiro atoms. The van der Waals surface area contributed by atoms with Crippen molar-refractivity contribution in [3.05, 3.63) is 47.0 Å². The molecule has 102 valence electrons. The number of carbonyl (C=O) groups is 1. The van der Waals surface area contributed by atoms with Gasteiger partial charge in [-0.2, -0.15) is 0 Å². The van der Waals surface area contributed by atoms with E-state index in [9.17, 15) is 4.79 Å². The fraction of sp³-hybridized carbons (Fsp3) is 0.167. The second-order valence-electron chi connectivity index (χ2n) is 3.92. The number of benzene rings is 1. The summed E-state index contributed by atoms with van der Waals surface area (Å²) < 4.78 is 3.63. The number of nitrogens with one attached hydrogen (secondary N) is 1. The maximum Gasteiger partial charge on any atom is 0.266 e. The van der Waals surface area contributed by atoms with Crippen molar-refractivity contribution in [3.8, 4) is 0 Å². The van der Waals surface area contributed by atoms with Gasteiger partial charge >= 0.3 is 0 Å². The highest BCUT2D eigenvalue weighted by atomic mass is 35.5. The number of carbonyl (C=O) groups excluding carboxylic acids is 1. The molecule has 1 N–H and O–H groups in total. The van der Waals surface area contributed by atoms with Gasteiger partial charge in [0.25, 0.3) is 5.91 Å². The Morgan fingerprint density at radius 2 is 2.16 bits per heavy atom. The van der Waals surface area contributed by atoms with Gasteiger partial charge in [0, 0.05) is 5.02 Å². The highest BCUT2D eigenvalue weighted by Crippen LogP contribution is 2.25. The van der Waals surface area contributed by atoms with E-state index in [1.165, 1.54) is 0 Å². The molecule has 7 heteroatoms. The highest BCUT2D eigenvalue weighted by Gasteiger charge is 2.10. The van der Waals surface area contributed by atoms with E-state index in [1.807, 2.05) is 30.3 Å². The van der Waals surface area contributed by atoms with Crippen LogP contribution in [0.25, 0.3) is 0 Å². The van der Waals surface area contributed by atoms with Crippen molar-refractivity contribution in [2.24, 2.45) is 7.05 Å². The topological polar surface area (TPSA) is 37.9 Å². The van der Waals surface area contributed by atoms with Crippen LogP contribution in [-0.2, 0) is 18.4 Å². The van der Waals surface area contributed by atoms with Crippen LogP contribution in [0.2, 0.25) is 10.0 Å². The van der Waals surface area contributed by atoms with Crippen LogP contribution in [-0.4, -0.2) is 10.5 Å². The third kappa shape index (κ3) is 4.42. The molecule has 1 aromatic heterocycles. The average Bonchev–Trinajstić information content (AvgIpc) is 2.69. The van der Waals surface area contributed by atoms with Gasteiger partial charge in [-0.1, -0.05) is 23.2 Å². The lowest BCUT2D eigenvalue weighted by atomic mass is 10.3. The quantitative estimate of drug-likeness (QED) is 0.744. The van der Waals surface area contributed by atoms with E-state index in [4.69, 9.17) is 23.2 Å². The summed E-state index contributed by atoms with van der Waals surface area (Å²) in [6.07, 6.45) is 5.50. The van der Waals surface area contributed by atoms with Crippen molar-refractivity contribution in [1.29, 1.82) is 0 Å². The molecule has 4 nitrogen and oxygen atoms in total. The van der Waals surface area contributed by atoms with E-state index in [0.29, 0.717) is 15.7 Å². The fourth-order valence-corrected chi connectivity index (χ4v) is 1.88. The number of rotatable bonds is 3. The zero-order valence-corrected chi connectivity index (χ0v) is 12.4. The van der Waals surface area contributed by atoms with Crippen molar-refractivity contribution in [1.82, 2.24) is 4.57 Å². The first-order valence-electron chi connectivity index (χ1n) is 5.30. The largest absolute Gasteiger partial charge is 1.00 e. The van der Waals surface area contributed by atoms with Gasteiger partial charge in [0.15, 0.2) is 6.54 Å². The maximum absolute atomic E-state index is 11.8. The number of aromatic nitrogens is 2. The molecule has 1 amide bonds. The molecule has 0 fully saturated rings. The number of aryl methyl sites for hydroxylation is 1. The molecule has 2 rings (SSSR count). The second kappa shape index (κ2) is 6.80. The van der Waals surface area contributed by atoms with Crippen molar-refractivity contribution in [2.45, 2.75) is 6.54 Å². The van der Waals surface area contributed by atoms with Gasteiger partial charge in [0.05, 0.1) is 17.8 Å². The van der Waals surface area contributed by atoms with Crippen LogP contribution in [0.5, 0.6) is 0 Å². The minimum Gasteiger partial charge on any atom is -1.00 e. The Hall–Kier alpha value is -1.23. The summed E-state index contributed by atoms with van der Waals surface area (Å²) in [7, 11) is 1.89. The van der Waals surface area contributed by atoms with E-state index in [-0.39, 0.29) is 24.9 Å². The molecule has 2 aromatic rings. The van der Waals surface area contributed by atoms with E-state index >= 15 is 0 Å².